The first-order valence-electron chi connectivity index (χ1n) is 8.07. The van der Waals surface area contributed by atoms with Gasteiger partial charge in [-0.25, -0.2) is 4.98 Å². The zero-order chi connectivity index (χ0) is 15.4. The Morgan fingerprint density at radius 3 is 3.00 bits per heavy atom. The van der Waals surface area contributed by atoms with Crippen molar-refractivity contribution >= 4 is 16.9 Å². The maximum atomic E-state index is 12.3. The average molecular weight is 297 g/mol. The van der Waals surface area contributed by atoms with Crippen molar-refractivity contribution in [2.45, 2.75) is 32.1 Å². The molecule has 0 saturated carbocycles. The van der Waals surface area contributed by atoms with Gasteiger partial charge in [-0.3, -0.25) is 4.79 Å². The molecule has 0 unspecified atom stereocenters. The number of aromatic nitrogens is 2. The molecule has 1 aliphatic carbocycles. The number of nitrogens with one attached hydrogen (secondary N) is 1. The van der Waals surface area contributed by atoms with Crippen molar-refractivity contribution in [3.63, 3.8) is 0 Å². The van der Waals surface area contributed by atoms with Crippen LogP contribution in [-0.4, -0.2) is 34.4 Å². The van der Waals surface area contributed by atoms with Crippen molar-refractivity contribution in [1.29, 1.82) is 0 Å². The van der Waals surface area contributed by atoms with Crippen molar-refractivity contribution < 1.29 is 4.79 Å². The highest BCUT2D eigenvalue weighted by Gasteiger charge is 2.21. The highest BCUT2D eigenvalue weighted by Crippen LogP contribution is 2.20. The molecule has 116 valence electrons. The molecule has 22 heavy (non-hydrogen) atoms. The van der Waals surface area contributed by atoms with E-state index in [0.29, 0.717) is 0 Å². The fourth-order valence-corrected chi connectivity index (χ4v) is 3.05. The summed E-state index contributed by atoms with van der Waals surface area (Å²) in [6.07, 6.45) is 9.03. The first-order valence-corrected chi connectivity index (χ1v) is 8.07. The Bertz CT molecular complexity index is 641. The minimum absolute atomic E-state index is 0.182. The van der Waals surface area contributed by atoms with E-state index in [1.54, 1.807) is 0 Å². The molecule has 0 fully saturated rings. The van der Waals surface area contributed by atoms with Crippen molar-refractivity contribution in [1.82, 2.24) is 14.9 Å². The quantitative estimate of drug-likeness (QED) is 0.861. The van der Waals surface area contributed by atoms with Crippen molar-refractivity contribution in [2.24, 2.45) is 5.92 Å². The van der Waals surface area contributed by atoms with E-state index in [-0.39, 0.29) is 11.8 Å². The van der Waals surface area contributed by atoms with Gasteiger partial charge in [0.05, 0.1) is 11.0 Å². The van der Waals surface area contributed by atoms with Gasteiger partial charge in [0, 0.05) is 25.9 Å². The van der Waals surface area contributed by atoms with Crippen LogP contribution in [0.15, 0.2) is 36.4 Å². The summed E-state index contributed by atoms with van der Waals surface area (Å²) in [7, 11) is 1.92. The summed E-state index contributed by atoms with van der Waals surface area (Å²) < 4.78 is 0. The van der Waals surface area contributed by atoms with E-state index >= 15 is 0 Å². The molecule has 4 nitrogen and oxygen atoms in total. The third kappa shape index (κ3) is 3.38. The zero-order valence-corrected chi connectivity index (χ0v) is 13.1. The van der Waals surface area contributed by atoms with Crippen LogP contribution in [0.4, 0.5) is 0 Å². The van der Waals surface area contributed by atoms with E-state index in [4.69, 9.17) is 0 Å². The van der Waals surface area contributed by atoms with Gasteiger partial charge in [-0.1, -0.05) is 24.3 Å². The number of imidazole rings is 1. The third-order valence-corrected chi connectivity index (χ3v) is 4.34. The van der Waals surface area contributed by atoms with Crippen LogP contribution in [0.3, 0.4) is 0 Å². The summed E-state index contributed by atoms with van der Waals surface area (Å²) in [4.78, 5) is 22.1. The average Bonchev–Trinajstić information content (AvgIpc) is 2.97. The van der Waals surface area contributed by atoms with Crippen LogP contribution >= 0.6 is 0 Å². The topological polar surface area (TPSA) is 49.0 Å². The number of fused-ring (bicyclic) bond motifs is 1. The number of carbonyl (C=O) groups is 1. The number of amides is 1. The number of aryl methyl sites for hydroxylation is 1. The van der Waals surface area contributed by atoms with Crippen LogP contribution in [0, 0.1) is 5.92 Å². The zero-order valence-electron chi connectivity index (χ0n) is 13.1. The summed E-state index contributed by atoms with van der Waals surface area (Å²) in [6, 6.07) is 8.06. The smallest absolute Gasteiger partial charge is 0.225 e. The van der Waals surface area contributed by atoms with Gasteiger partial charge < -0.3 is 9.88 Å². The van der Waals surface area contributed by atoms with Crippen LogP contribution < -0.4 is 0 Å². The molecule has 0 radical (unpaired) electrons. The van der Waals surface area contributed by atoms with Crippen molar-refractivity contribution in [2.75, 3.05) is 13.6 Å². The van der Waals surface area contributed by atoms with Gasteiger partial charge >= 0.3 is 0 Å². The van der Waals surface area contributed by atoms with Gasteiger partial charge in [0.15, 0.2) is 0 Å². The van der Waals surface area contributed by atoms with E-state index in [1.165, 1.54) is 0 Å². The molecule has 4 heteroatoms. The Morgan fingerprint density at radius 2 is 2.23 bits per heavy atom. The summed E-state index contributed by atoms with van der Waals surface area (Å²) in [5.41, 5.74) is 2.09. The van der Waals surface area contributed by atoms with Crippen LogP contribution in [-0.2, 0) is 11.2 Å². The lowest BCUT2D eigenvalue weighted by Crippen LogP contribution is -2.34. The Balaban J connectivity index is 1.49. The van der Waals surface area contributed by atoms with Gasteiger partial charge in [-0.05, 0) is 37.8 Å². The fraction of sp³-hybridized carbons (Fsp3) is 0.444. The molecule has 3 rings (SSSR count). The van der Waals surface area contributed by atoms with Gasteiger partial charge in [0.2, 0.25) is 5.91 Å². The van der Waals surface area contributed by atoms with E-state index < -0.39 is 0 Å². The third-order valence-electron chi connectivity index (χ3n) is 4.34. The second kappa shape index (κ2) is 6.77. The summed E-state index contributed by atoms with van der Waals surface area (Å²) in [5, 5.41) is 0. The molecule has 0 saturated heterocycles. The largest absolute Gasteiger partial charge is 0.346 e. The number of nitrogens with zero attached hydrogens (tertiary/aromatic N) is 2. The number of allylic oxidation sites excluding steroid dienone is 2. The van der Waals surface area contributed by atoms with E-state index in [9.17, 15) is 4.79 Å². The second-order valence-corrected chi connectivity index (χ2v) is 6.05. The predicted molar refractivity (Wildman–Crippen MR) is 88.5 cm³/mol. The maximum absolute atomic E-state index is 12.3. The molecule has 1 atom stereocenters. The van der Waals surface area contributed by atoms with Crippen LogP contribution in [0.25, 0.3) is 11.0 Å². The number of para-hydroxylation sites is 2. The lowest BCUT2D eigenvalue weighted by molar-refractivity contribution is -0.134. The SMILES string of the molecule is CN(CCCc1nc2ccccc2[nH]1)C(=O)[C@H]1CC=CCC1. The van der Waals surface area contributed by atoms with E-state index in [1.807, 2.05) is 36.2 Å². The highest BCUT2D eigenvalue weighted by molar-refractivity contribution is 5.79. The Morgan fingerprint density at radius 1 is 1.36 bits per heavy atom. The Hall–Kier alpha value is -2.10. The molecule has 1 aromatic carbocycles. The van der Waals surface area contributed by atoms with E-state index in [0.717, 1.165) is 55.5 Å². The van der Waals surface area contributed by atoms with Gasteiger partial charge in [-0.2, -0.15) is 0 Å². The molecule has 0 aliphatic heterocycles. The molecular formula is C18H23N3O. The van der Waals surface area contributed by atoms with Crippen LogP contribution in [0.2, 0.25) is 0 Å². The molecular weight excluding hydrogens is 274 g/mol. The molecule has 1 N–H and O–H groups in total. The molecule has 1 aliphatic rings. The van der Waals surface area contributed by atoms with Crippen LogP contribution in [0.5, 0.6) is 0 Å². The Labute approximate surface area is 131 Å². The molecule has 0 spiro atoms. The lowest BCUT2D eigenvalue weighted by atomic mass is 9.93. The summed E-state index contributed by atoms with van der Waals surface area (Å²) in [5.74, 6) is 1.47. The fourth-order valence-electron chi connectivity index (χ4n) is 3.05. The first-order chi connectivity index (χ1) is 10.7. The highest BCUT2D eigenvalue weighted by atomic mass is 16.2. The number of hydrogen-bond donors (Lipinski definition) is 1. The van der Waals surface area contributed by atoms with E-state index in [2.05, 4.69) is 22.1 Å². The van der Waals surface area contributed by atoms with Gasteiger partial charge in [0.25, 0.3) is 0 Å². The number of benzene rings is 1. The maximum Gasteiger partial charge on any atom is 0.225 e. The standard InChI is InChI=1S/C18H23N3O/c1-21(18(22)14-8-3-2-4-9-14)13-7-12-17-19-15-10-5-6-11-16(15)20-17/h2-3,5-6,10-11,14H,4,7-9,12-13H2,1H3,(H,19,20)/t14-/m0/s1. The van der Waals surface area contributed by atoms with Crippen LogP contribution in [0.1, 0.15) is 31.5 Å². The number of aromatic amines is 1. The van der Waals surface area contributed by atoms with Gasteiger partial charge in [0.1, 0.15) is 5.82 Å². The molecule has 1 aromatic heterocycles. The molecule has 0 bridgehead atoms. The first kappa shape index (κ1) is 14.8. The summed E-state index contributed by atoms with van der Waals surface area (Å²) in [6.45, 7) is 0.788. The normalized spacial score (nSPS) is 17.8. The number of hydrogen-bond acceptors (Lipinski definition) is 2. The molecule has 2 aromatic rings. The molecule has 1 heterocycles. The van der Waals surface area contributed by atoms with Crippen molar-refractivity contribution in [3.8, 4) is 0 Å². The van der Waals surface area contributed by atoms with Gasteiger partial charge in [-0.15, -0.1) is 0 Å². The molecule has 1 amide bonds. The monoisotopic (exact) mass is 297 g/mol. The summed E-state index contributed by atoms with van der Waals surface area (Å²) >= 11 is 0. The second-order valence-electron chi connectivity index (χ2n) is 6.05. The number of H-pyrrole nitrogens is 1. The number of rotatable bonds is 5. The number of carbonyl (C=O) groups excluding carboxylic acids is 1. The Kier molecular flexibility index (Phi) is 4.56. The minimum Gasteiger partial charge on any atom is -0.346 e. The van der Waals surface area contributed by atoms with Crippen molar-refractivity contribution in [3.05, 3.63) is 42.2 Å². The predicted octanol–water partition coefficient (Wildman–Crippen LogP) is 3.31. The minimum atomic E-state index is 0.182. The lowest BCUT2D eigenvalue weighted by Gasteiger charge is -2.24.